The average molecular weight is 204 g/mol. The van der Waals surface area contributed by atoms with Crippen molar-refractivity contribution < 1.29 is 0 Å². The third kappa shape index (κ3) is 2.00. The van der Waals surface area contributed by atoms with Crippen molar-refractivity contribution in [1.82, 2.24) is 0 Å². The van der Waals surface area contributed by atoms with Gasteiger partial charge in [-0.3, -0.25) is 0 Å². The van der Waals surface area contributed by atoms with Crippen molar-refractivity contribution in [2.45, 2.75) is 6.92 Å². The summed E-state index contributed by atoms with van der Waals surface area (Å²) >= 11 is 3.38. The van der Waals surface area contributed by atoms with Crippen LogP contribution in [0.4, 0.5) is 0 Å². The van der Waals surface area contributed by atoms with E-state index in [0.29, 0.717) is 0 Å². The highest BCUT2D eigenvalue weighted by Crippen LogP contribution is 2.14. The van der Waals surface area contributed by atoms with Crippen LogP contribution in [0.15, 0.2) is 29.0 Å². The molecule has 0 radical (unpaired) electrons. The summed E-state index contributed by atoms with van der Waals surface area (Å²) < 4.78 is 0. The Kier molecular flexibility index (Phi) is 2.49. The van der Waals surface area contributed by atoms with Crippen LogP contribution in [0.25, 0.3) is 0 Å². The Morgan fingerprint density at radius 3 is 2.62 bits per heavy atom. The maximum Gasteiger partial charge on any atom is 0.0801 e. The molecule has 0 aliphatic rings. The van der Waals surface area contributed by atoms with Crippen LogP contribution in [0, 0.1) is 18.8 Å². The molecule has 64 valence electrons. The zero-order chi connectivity index (χ0) is 9.10. The zero-order valence-corrected chi connectivity index (χ0v) is 8.84. The van der Waals surface area contributed by atoms with Crippen LogP contribution in [0.5, 0.6) is 0 Å². The first-order valence-electron chi connectivity index (χ1n) is 3.96. The molecule has 2 heteroatoms. The van der Waals surface area contributed by atoms with Crippen molar-refractivity contribution in [3.05, 3.63) is 44.3 Å². The van der Waals surface area contributed by atoms with Gasteiger partial charge in [0.2, 0.25) is 0 Å². The minimum atomic E-state index is 1.13. The smallest absolute Gasteiger partial charge is 0.0801 e. The second kappa shape index (κ2) is 3.78. The third-order valence-electron chi connectivity index (χ3n) is 1.68. The van der Waals surface area contributed by atoms with Gasteiger partial charge in [0.15, 0.2) is 0 Å². The van der Waals surface area contributed by atoms with E-state index in [1.54, 1.807) is 22.7 Å². The van der Waals surface area contributed by atoms with Crippen molar-refractivity contribution in [2.75, 3.05) is 0 Å². The lowest BCUT2D eigenvalue weighted by Crippen LogP contribution is -1.69. The molecule has 0 saturated carbocycles. The zero-order valence-electron chi connectivity index (χ0n) is 7.20. The van der Waals surface area contributed by atoms with Crippen LogP contribution in [-0.4, -0.2) is 0 Å². The normalized spacial score (nSPS) is 9.31. The topological polar surface area (TPSA) is 0 Å². The van der Waals surface area contributed by atoms with E-state index in [1.165, 1.54) is 10.4 Å². The van der Waals surface area contributed by atoms with E-state index < -0.39 is 0 Å². The maximum absolute atomic E-state index is 3.17. The minimum absolute atomic E-state index is 1.13. The van der Waals surface area contributed by atoms with E-state index >= 15 is 0 Å². The van der Waals surface area contributed by atoms with E-state index in [-0.39, 0.29) is 0 Å². The fraction of sp³-hybridized carbons (Fsp3) is 0.0909. The summed E-state index contributed by atoms with van der Waals surface area (Å²) in [5.41, 5.74) is 1.27. The second-order valence-electron chi connectivity index (χ2n) is 2.66. The summed E-state index contributed by atoms with van der Waals surface area (Å²) in [7, 11) is 0. The Hall–Kier alpha value is -1.04. The summed E-state index contributed by atoms with van der Waals surface area (Å²) in [5.74, 6) is 6.32. The molecule has 2 heterocycles. The molecule has 0 amide bonds. The van der Waals surface area contributed by atoms with Gasteiger partial charge in [0.25, 0.3) is 0 Å². The molecular weight excluding hydrogens is 196 g/mol. The largest absolute Gasteiger partial charge is 0.135 e. The quantitative estimate of drug-likeness (QED) is 0.576. The molecule has 13 heavy (non-hydrogen) atoms. The lowest BCUT2D eigenvalue weighted by molar-refractivity contribution is 1.53. The number of rotatable bonds is 0. The number of aryl methyl sites for hydroxylation is 1. The molecule has 2 aromatic rings. The molecule has 0 aliphatic carbocycles. The average Bonchev–Trinajstić information content (AvgIpc) is 2.72. The molecule has 0 aromatic carbocycles. The van der Waals surface area contributed by atoms with Gasteiger partial charge in [-0.15, -0.1) is 22.7 Å². The van der Waals surface area contributed by atoms with Gasteiger partial charge in [-0.2, -0.15) is 0 Å². The first kappa shape index (κ1) is 8.55. The molecule has 0 bridgehead atoms. The predicted octanol–water partition coefficient (Wildman–Crippen LogP) is 3.52. The highest BCUT2D eigenvalue weighted by atomic mass is 32.1. The van der Waals surface area contributed by atoms with Crippen LogP contribution >= 0.6 is 22.7 Å². The van der Waals surface area contributed by atoms with Gasteiger partial charge < -0.3 is 0 Å². The van der Waals surface area contributed by atoms with Crippen molar-refractivity contribution in [3.8, 4) is 11.8 Å². The molecular formula is C11H8S2. The fourth-order valence-corrected chi connectivity index (χ4v) is 2.31. The summed E-state index contributed by atoms with van der Waals surface area (Å²) in [5, 5.41) is 4.12. The van der Waals surface area contributed by atoms with Crippen LogP contribution in [0.3, 0.4) is 0 Å². The SMILES string of the molecule is Cc1ccsc1C#Cc1cccs1. The molecule has 0 nitrogen and oxygen atoms in total. The standard InChI is InChI=1S/C11H8S2/c1-9-6-8-13-11(9)5-4-10-3-2-7-12-10/h2-3,6-8H,1H3. The Bertz CT molecular complexity index is 438. The fourth-order valence-electron chi connectivity index (χ4n) is 0.969. The summed E-state index contributed by atoms with van der Waals surface area (Å²) in [6.45, 7) is 2.09. The molecule has 0 spiro atoms. The highest BCUT2D eigenvalue weighted by Gasteiger charge is 1.93. The van der Waals surface area contributed by atoms with E-state index in [9.17, 15) is 0 Å². The van der Waals surface area contributed by atoms with Gasteiger partial charge in [0, 0.05) is 0 Å². The van der Waals surface area contributed by atoms with Gasteiger partial charge >= 0.3 is 0 Å². The van der Waals surface area contributed by atoms with Gasteiger partial charge in [-0.05, 0) is 47.2 Å². The highest BCUT2D eigenvalue weighted by molar-refractivity contribution is 7.11. The number of hydrogen-bond acceptors (Lipinski definition) is 2. The van der Waals surface area contributed by atoms with Crippen LogP contribution in [0.2, 0.25) is 0 Å². The Balaban J connectivity index is 2.27. The summed E-state index contributed by atoms with van der Waals surface area (Å²) in [4.78, 5) is 2.31. The van der Waals surface area contributed by atoms with Crippen molar-refractivity contribution in [3.63, 3.8) is 0 Å². The maximum atomic E-state index is 3.17. The van der Waals surface area contributed by atoms with E-state index in [1.807, 2.05) is 17.5 Å². The Morgan fingerprint density at radius 2 is 2.00 bits per heavy atom. The summed E-state index contributed by atoms with van der Waals surface area (Å²) in [6.07, 6.45) is 0. The van der Waals surface area contributed by atoms with Gasteiger partial charge in [0.05, 0.1) is 9.75 Å². The molecule has 2 aromatic heterocycles. The van der Waals surface area contributed by atoms with E-state index in [0.717, 1.165) is 4.88 Å². The first-order chi connectivity index (χ1) is 6.36. The van der Waals surface area contributed by atoms with Crippen molar-refractivity contribution in [1.29, 1.82) is 0 Å². The molecule has 0 atom stereocenters. The van der Waals surface area contributed by atoms with Gasteiger partial charge in [-0.1, -0.05) is 6.07 Å². The first-order valence-corrected chi connectivity index (χ1v) is 5.72. The second-order valence-corrected chi connectivity index (χ2v) is 4.52. The molecule has 0 saturated heterocycles. The molecule has 2 rings (SSSR count). The van der Waals surface area contributed by atoms with Crippen LogP contribution in [0.1, 0.15) is 15.3 Å². The third-order valence-corrected chi connectivity index (χ3v) is 3.40. The van der Waals surface area contributed by atoms with E-state index in [2.05, 4.69) is 30.2 Å². The molecule has 0 unspecified atom stereocenters. The lowest BCUT2D eigenvalue weighted by atomic mass is 10.3. The van der Waals surface area contributed by atoms with Crippen LogP contribution < -0.4 is 0 Å². The number of thiophene rings is 2. The monoisotopic (exact) mass is 204 g/mol. The molecule has 0 N–H and O–H groups in total. The summed E-state index contributed by atoms with van der Waals surface area (Å²) in [6, 6.07) is 6.17. The van der Waals surface area contributed by atoms with E-state index in [4.69, 9.17) is 0 Å². The van der Waals surface area contributed by atoms with Gasteiger partial charge in [-0.25, -0.2) is 0 Å². The minimum Gasteiger partial charge on any atom is -0.135 e. The van der Waals surface area contributed by atoms with Gasteiger partial charge in [0.1, 0.15) is 0 Å². The molecule has 0 aliphatic heterocycles. The lowest BCUT2D eigenvalue weighted by Gasteiger charge is -1.82. The Morgan fingerprint density at radius 1 is 1.08 bits per heavy atom. The van der Waals surface area contributed by atoms with Crippen molar-refractivity contribution in [2.24, 2.45) is 0 Å². The predicted molar refractivity (Wildman–Crippen MR) is 59.4 cm³/mol. The Labute approximate surface area is 85.9 Å². The molecule has 0 fully saturated rings. The number of hydrogen-bond donors (Lipinski definition) is 0. The van der Waals surface area contributed by atoms with Crippen LogP contribution in [-0.2, 0) is 0 Å². The van der Waals surface area contributed by atoms with Crippen molar-refractivity contribution >= 4 is 22.7 Å².